The van der Waals surface area contributed by atoms with Crippen LogP contribution in [0.4, 0.5) is 0 Å². The Hall–Kier alpha value is -0.770. The van der Waals surface area contributed by atoms with Crippen LogP contribution in [0.2, 0.25) is 0 Å². The number of nitrogens with one attached hydrogen (secondary N) is 2. The topological polar surface area (TPSA) is 56.7 Å². The normalized spacial score (nSPS) is 29.4. The Labute approximate surface area is 129 Å². The standard InChI is InChI=1S/C17H33N3O/c1-3-17(11-5-6-12-17)13-19-16(18-4-2)20-14-7-9-15(21)10-8-14/h14-15,21H,3-13H2,1-2H3,(H2,18,19,20). The molecule has 21 heavy (non-hydrogen) atoms. The van der Waals surface area contributed by atoms with Gasteiger partial charge in [0.25, 0.3) is 0 Å². The molecule has 0 aromatic heterocycles. The first-order valence-corrected chi connectivity index (χ1v) is 8.90. The molecule has 2 saturated carbocycles. The van der Waals surface area contributed by atoms with Gasteiger partial charge in [-0.25, -0.2) is 0 Å². The summed E-state index contributed by atoms with van der Waals surface area (Å²) >= 11 is 0. The zero-order valence-electron chi connectivity index (χ0n) is 13.8. The third kappa shape index (κ3) is 4.87. The smallest absolute Gasteiger partial charge is 0.191 e. The van der Waals surface area contributed by atoms with Gasteiger partial charge in [-0.2, -0.15) is 0 Å². The Balaban J connectivity index is 1.89. The molecule has 0 aliphatic heterocycles. The minimum atomic E-state index is -0.0931. The lowest BCUT2D eigenvalue weighted by atomic mass is 9.83. The van der Waals surface area contributed by atoms with Gasteiger partial charge in [-0.3, -0.25) is 4.99 Å². The van der Waals surface area contributed by atoms with Gasteiger partial charge in [0.2, 0.25) is 0 Å². The molecule has 0 atom stereocenters. The molecule has 0 saturated heterocycles. The van der Waals surface area contributed by atoms with E-state index in [1.165, 1.54) is 32.1 Å². The molecule has 3 N–H and O–H groups in total. The molecule has 0 aromatic carbocycles. The Bertz CT molecular complexity index is 329. The van der Waals surface area contributed by atoms with Crippen LogP contribution in [0.1, 0.15) is 71.6 Å². The van der Waals surface area contributed by atoms with E-state index in [9.17, 15) is 5.11 Å². The monoisotopic (exact) mass is 295 g/mol. The van der Waals surface area contributed by atoms with Gasteiger partial charge in [-0.1, -0.05) is 19.8 Å². The summed E-state index contributed by atoms with van der Waals surface area (Å²) in [6, 6.07) is 0.465. The van der Waals surface area contributed by atoms with E-state index in [2.05, 4.69) is 24.5 Å². The SMILES string of the molecule is CCNC(=NCC1(CC)CCCC1)NC1CCC(O)CC1. The van der Waals surface area contributed by atoms with Gasteiger partial charge in [0, 0.05) is 19.1 Å². The Morgan fingerprint density at radius 2 is 1.81 bits per heavy atom. The summed E-state index contributed by atoms with van der Waals surface area (Å²) in [6.45, 7) is 6.28. The maximum absolute atomic E-state index is 9.60. The average molecular weight is 295 g/mol. The number of aliphatic hydroxyl groups is 1. The minimum Gasteiger partial charge on any atom is -0.393 e. The number of hydrogen-bond acceptors (Lipinski definition) is 2. The molecule has 0 radical (unpaired) electrons. The lowest BCUT2D eigenvalue weighted by Crippen LogP contribution is -2.45. The summed E-state index contributed by atoms with van der Waals surface area (Å²) in [5, 5.41) is 16.6. The number of rotatable bonds is 5. The summed E-state index contributed by atoms with van der Waals surface area (Å²) in [5.74, 6) is 0.971. The highest BCUT2D eigenvalue weighted by molar-refractivity contribution is 5.80. The lowest BCUT2D eigenvalue weighted by Gasteiger charge is -2.29. The highest BCUT2D eigenvalue weighted by atomic mass is 16.3. The maximum Gasteiger partial charge on any atom is 0.191 e. The van der Waals surface area contributed by atoms with E-state index in [-0.39, 0.29) is 6.10 Å². The second-order valence-electron chi connectivity index (χ2n) is 6.91. The van der Waals surface area contributed by atoms with Gasteiger partial charge in [0.05, 0.1) is 6.10 Å². The Morgan fingerprint density at radius 3 is 2.38 bits per heavy atom. The molecule has 122 valence electrons. The second kappa shape index (κ2) is 8.02. The molecule has 2 aliphatic rings. The third-order valence-corrected chi connectivity index (χ3v) is 5.37. The molecule has 4 heteroatoms. The fourth-order valence-corrected chi connectivity index (χ4v) is 3.73. The fraction of sp³-hybridized carbons (Fsp3) is 0.941. The van der Waals surface area contributed by atoms with Crippen molar-refractivity contribution in [2.24, 2.45) is 10.4 Å². The molecule has 0 bridgehead atoms. The predicted molar refractivity (Wildman–Crippen MR) is 88.6 cm³/mol. The van der Waals surface area contributed by atoms with Crippen molar-refractivity contribution < 1.29 is 5.11 Å². The maximum atomic E-state index is 9.60. The minimum absolute atomic E-state index is 0.0931. The number of nitrogens with zero attached hydrogens (tertiary/aromatic N) is 1. The summed E-state index contributed by atoms with van der Waals surface area (Å²) in [4.78, 5) is 4.88. The van der Waals surface area contributed by atoms with Crippen LogP contribution in [-0.2, 0) is 0 Å². The zero-order chi connectivity index (χ0) is 15.1. The molecular weight excluding hydrogens is 262 g/mol. The largest absolute Gasteiger partial charge is 0.393 e. The van der Waals surface area contributed by atoms with Gasteiger partial charge in [0.15, 0.2) is 5.96 Å². The zero-order valence-corrected chi connectivity index (χ0v) is 13.8. The molecule has 0 heterocycles. The molecule has 0 unspecified atom stereocenters. The number of guanidine groups is 1. The molecule has 4 nitrogen and oxygen atoms in total. The van der Waals surface area contributed by atoms with Crippen LogP contribution >= 0.6 is 0 Å². The van der Waals surface area contributed by atoms with Crippen LogP contribution in [0.25, 0.3) is 0 Å². The van der Waals surface area contributed by atoms with Gasteiger partial charge in [-0.15, -0.1) is 0 Å². The third-order valence-electron chi connectivity index (χ3n) is 5.37. The number of aliphatic imine (C=N–C) groups is 1. The highest BCUT2D eigenvalue weighted by Crippen LogP contribution is 2.41. The van der Waals surface area contributed by atoms with Gasteiger partial charge in [-0.05, 0) is 57.3 Å². The Kier molecular flexibility index (Phi) is 6.34. The van der Waals surface area contributed by atoms with Crippen molar-refractivity contribution in [3.8, 4) is 0 Å². The van der Waals surface area contributed by atoms with E-state index in [1.807, 2.05) is 0 Å². The van der Waals surface area contributed by atoms with Gasteiger partial charge in [0.1, 0.15) is 0 Å². The Morgan fingerprint density at radius 1 is 1.14 bits per heavy atom. The van der Waals surface area contributed by atoms with Gasteiger partial charge < -0.3 is 15.7 Å². The first-order chi connectivity index (χ1) is 10.2. The van der Waals surface area contributed by atoms with E-state index in [1.54, 1.807) is 0 Å². The van der Waals surface area contributed by atoms with Crippen molar-refractivity contribution in [1.82, 2.24) is 10.6 Å². The lowest BCUT2D eigenvalue weighted by molar-refractivity contribution is 0.120. The molecular formula is C17H33N3O. The van der Waals surface area contributed by atoms with Crippen LogP contribution < -0.4 is 10.6 Å². The van der Waals surface area contributed by atoms with Crippen LogP contribution in [0, 0.1) is 5.41 Å². The van der Waals surface area contributed by atoms with Crippen LogP contribution in [-0.4, -0.2) is 36.3 Å². The van der Waals surface area contributed by atoms with E-state index in [0.29, 0.717) is 11.5 Å². The van der Waals surface area contributed by atoms with Crippen molar-refractivity contribution in [1.29, 1.82) is 0 Å². The molecule has 0 aromatic rings. The molecule has 2 aliphatic carbocycles. The van der Waals surface area contributed by atoms with E-state index in [4.69, 9.17) is 4.99 Å². The summed E-state index contributed by atoms with van der Waals surface area (Å²) < 4.78 is 0. The second-order valence-corrected chi connectivity index (χ2v) is 6.91. The summed E-state index contributed by atoms with van der Waals surface area (Å²) in [7, 11) is 0. The van der Waals surface area contributed by atoms with Crippen molar-refractivity contribution in [2.45, 2.75) is 83.8 Å². The van der Waals surface area contributed by atoms with Crippen molar-refractivity contribution in [3.05, 3.63) is 0 Å². The molecule has 0 amide bonds. The van der Waals surface area contributed by atoms with E-state index < -0.39 is 0 Å². The fourth-order valence-electron chi connectivity index (χ4n) is 3.73. The van der Waals surface area contributed by atoms with Crippen molar-refractivity contribution in [3.63, 3.8) is 0 Å². The molecule has 2 fully saturated rings. The first kappa shape index (κ1) is 16.6. The van der Waals surface area contributed by atoms with Gasteiger partial charge >= 0.3 is 0 Å². The predicted octanol–water partition coefficient (Wildman–Crippen LogP) is 2.82. The molecule has 2 rings (SSSR count). The quantitative estimate of drug-likeness (QED) is 0.540. The summed E-state index contributed by atoms with van der Waals surface area (Å²) in [6.07, 6.45) is 10.5. The van der Waals surface area contributed by atoms with Crippen LogP contribution in [0.5, 0.6) is 0 Å². The van der Waals surface area contributed by atoms with E-state index in [0.717, 1.165) is 44.7 Å². The van der Waals surface area contributed by atoms with Crippen molar-refractivity contribution >= 4 is 5.96 Å². The van der Waals surface area contributed by atoms with E-state index >= 15 is 0 Å². The number of aliphatic hydroxyl groups excluding tert-OH is 1. The molecule has 0 spiro atoms. The van der Waals surface area contributed by atoms with Crippen LogP contribution in [0.15, 0.2) is 4.99 Å². The first-order valence-electron chi connectivity index (χ1n) is 8.90. The van der Waals surface area contributed by atoms with Crippen LogP contribution in [0.3, 0.4) is 0 Å². The average Bonchev–Trinajstić information content (AvgIpc) is 2.97. The highest BCUT2D eigenvalue weighted by Gasteiger charge is 2.31. The van der Waals surface area contributed by atoms with Crippen molar-refractivity contribution in [2.75, 3.05) is 13.1 Å². The summed E-state index contributed by atoms with van der Waals surface area (Å²) in [5.41, 5.74) is 0.450. The number of hydrogen-bond donors (Lipinski definition) is 3.